The minimum absolute atomic E-state index is 0.000838. The lowest BCUT2D eigenvalue weighted by Crippen LogP contribution is -2.50. The van der Waals surface area contributed by atoms with Crippen molar-refractivity contribution < 1.29 is 19.8 Å². The molecular weight excluding hydrogens is 236 g/mol. The molecule has 2 N–H and O–H groups in total. The lowest BCUT2D eigenvalue weighted by Gasteiger charge is -2.33. The third-order valence-corrected chi connectivity index (χ3v) is 3.21. The smallest absolute Gasteiger partial charge is 0.326 e. The molecular formula is C12H22N2O4. The highest BCUT2D eigenvalue weighted by Gasteiger charge is 2.36. The summed E-state index contributed by atoms with van der Waals surface area (Å²) >= 11 is 0. The molecule has 0 spiro atoms. The van der Waals surface area contributed by atoms with Gasteiger partial charge in [-0.2, -0.15) is 0 Å². The van der Waals surface area contributed by atoms with Crippen LogP contribution in [0.1, 0.15) is 33.1 Å². The van der Waals surface area contributed by atoms with Crippen LogP contribution in [0.5, 0.6) is 0 Å². The fraction of sp³-hybridized carbons (Fsp3) is 0.833. The average molecular weight is 258 g/mol. The van der Waals surface area contributed by atoms with E-state index in [2.05, 4.69) is 0 Å². The number of aliphatic carboxylic acids is 1. The Hall–Kier alpha value is -1.30. The van der Waals surface area contributed by atoms with Crippen LogP contribution in [0.15, 0.2) is 0 Å². The van der Waals surface area contributed by atoms with Gasteiger partial charge in [0.1, 0.15) is 6.04 Å². The lowest BCUT2D eigenvalue weighted by atomic mass is 10.2. The molecule has 6 nitrogen and oxygen atoms in total. The van der Waals surface area contributed by atoms with Crippen molar-refractivity contribution in [3.8, 4) is 0 Å². The highest BCUT2D eigenvalue weighted by atomic mass is 16.4. The first-order chi connectivity index (χ1) is 8.49. The standard InChI is InChI=1S/C12H22N2O4/c1-9(2)13(7-4-8-15)12(18)14-6-3-5-10(14)11(16)17/h9-10,15H,3-8H2,1-2H3,(H,16,17)/t10-/m1/s1. The number of nitrogens with zero attached hydrogens (tertiary/aromatic N) is 2. The fourth-order valence-electron chi connectivity index (χ4n) is 2.23. The van der Waals surface area contributed by atoms with E-state index in [1.165, 1.54) is 4.90 Å². The summed E-state index contributed by atoms with van der Waals surface area (Å²) in [7, 11) is 0. The molecule has 0 aromatic carbocycles. The van der Waals surface area contributed by atoms with Gasteiger partial charge in [0.25, 0.3) is 0 Å². The van der Waals surface area contributed by atoms with Crippen molar-refractivity contribution in [2.75, 3.05) is 19.7 Å². The van der Waals surface area contributed by atoms with E-state index in [9.17, 15) is 9.59 Å². The molecule has 0 saturated carbocycles. The molecule has 0 aromatic rings. The zero-order valence-electron chi connectivity index (χ0n) is 11.0. The Morgan fingerprint density at radius 1 is 1.44 bits per heavy atom. The second kappa shape index (κ2) is 6.58. The van der Waals surface area contributed by atoms with E-state index in [0.29, 0.717) is 25.9 Å². The quantitative estimate of drug-likeness (QED) is 0.762. The summed E-state index contributed by atoms with van der Waals surface area (Å²) in [5.74, 6) is -0.938. The molecule has 0 bridgehead atoms. The highest BCUT2D eigenvalue weighted by Crippen LogP contribution is 2.20. The van der Waals surface area contributed by atoms with Crippen LogP contribution in [-0.4, -0.2) is 63.8 Å². The van der Waals surface area contributed by atoms with E-state index in [-0.39, 0.29) is 18.7 Å². The topological polar surface area (TPSA) is 81.1 Å². The van der Waals surface area contributed by atoms with Crippen LogP contribution in [0.3, 0.4) is 0 Å². The number of carboxylic acid groups (broad SMARTS) is 1. The zero-order valence-corrected chi connectivity index (χ0v) is 11.0. The first kappa shape index (κ1) is 14.8. The Bertz CT molecular complexity index is 306. The molecule has 0 aliphatic carbocycles. The second-order valence-electron chi connectivity index (χ2n) is 4.84. The van der Waals surface area contributed by atoms with Gasteiger partial charge in [-0.15, -0.1) is 0 Å². The van der Waals surface area contributed by atoms with Crippen LogP contribution in [0.25, 0.3) is 0 Å². The number of amides is 2. The van der Waals surface area contributed by atoms with Crippen LogP contribution in [0.4, 0.5) is 4.79 Å². The van der Waals surface area contributed by atoms with E-state index in [0.717, 1.165) is 6.42 Å². The summed E-state index contributed by atoms with van der Waals surface area (Å²) in [5, 5.41) is 17.9. The molecule has 1 heterocycles. The maximum atomic E-state index is 12.3. The molecule has 104 valence electrons. The number of carboxylic acids is 1. The molecule has 2 amide bonds. The minimum Gasteiger partial charge on any atom is -0.480 e. The van der Waals surface area contributed by atoms with Crippen LogP contribution in [0, 0.1) is 0 Å². The highest BCUT2D eigenvalue weighted by molar-refractivity contribution is 5.83. The number of hydrogen-bond donors (Lipinski definition) is 2. The Morgan fingerprint density at radius 2 is 2.11 bits per heavy atom. The molecule has 1 atom stereocenters. The normalized spacial score (nSPS) is 19.3. The molecule has 1 aliphatic heterocycles. The van der Waals surface area contributed by atoms with Crippen molar-refractivity contribution in [2.24, 2.45) is 0 Å². The number of aliphatic hydroxyl groups is 1. The Balaban J connectivity index is 2.72. The predicted octanol–water partition coefficient (Wildman–Crippen LogP) is 0.748. The van der Waals surface area contributed by atoms with Crippen molar-refractivity contribution in [3.63, 3.8) is 0 Å². The number of rotatable bonds is 5. The van der Waals surface area contributed by atoms with Crippen LogP contribution in [-0.2, 0) is 4.79 Å². The Morgan fingerprint density at radius 3 is 2.61 bits per heavy atom. The number of carbonyl (C=O) groups excluding carboxylic acids is 1. The minimum atomic E-state index is -0.938. The largest absolute Gasteiger partial charge is 0.480 e. The van der Waals surface area contributed by atoms with Crippen molar-refractivity contribution in [3.05, 3.63) is 0 Å². The maximum absolute atomic E-state index is 12.3. The van der Waals surface area contributed by atoms with Crippen LogP contribution in [0.2, 0.25) is 0 Å². The molecule has 0 aromatic heterocycles. The SMILES string of the molecule is CC(C)N(CCCO)C(=O)N1CCC[C@@H]1C(=O)O. The van der Waals surface area contributed by atoms with E-state index >= 15 is 0 Å². The van der Waals surface area contributed by atoms with Crippen molar-refractivity contribution in [2.45, 2.75) is 45.2 Å². The summed E-state index contributed by atoms with van der Waals surface area (Å²) in [6.45, 7) is 4.76. The van der Waals surface area contributed by atoms with Gasteiger partial charge in [0.2, 0.25) is 0 Å². The van der Waals surface area contributed by atoms with E-state index in [1.807, 2.05) is 13.8 Å². The predicted molar refractivity (Wildman–Crippen MR) is 66.3 cm³/mol. The number of hydrogen-bond acceptors (Lipinski definition) is 3. The zero-order chi connectivity index (χ0) is 13.7. The third kappa shape index (κ3) is 3.35. The van der Waals surface area contributed by atoms with Crippen LogP contribution >= 0.6 is 0 Å². The molecule has 18 heavy (non-hydrogen) atoms. The van der Waals surface area contributed by atoms with Crippen LogP contribution < -0.4 is 0 Å². The number of aliphatic hydroxyl groups excluding tert-OH is 1. The van der Waals surface area contributed by atoms with Gasteiger partial charge < -0.3 is 20.0 Å². The average Bonchev–Trinajstić information content (AvgIpc) is 2.77. The molecule has 0 unspecified atom stereocenters. The summed E-state index contributed by atoms with van der Waals surface area (Å²) in [6, 6.07) is -0.935. The number of urea groups is 1. The van der Waals surface area contributed by atoms with Crippen molar-refractivity contribution in [1.82, 2.24) is 9.80 Å². The van der Waals surface area contributed by atoms with E-state index in [1.54, 1.807) is 4.90 Å². The maximum Gasteiger partial charge on any atom is 0.326 e. The Labute approximate surface area is 107 Å². The summed E-state index contributed by atoms with van der Waals surface area (Å²) in [5.41, 5.74) is 0. The van der Waals surface area contributed by atoms with E-state index < -0.39 is 12.0 Å². The molecule has 6 heteroatoms. The number of likely N-dealkylation sites (tertiary alicyclic amines) is 1. The van der Waals surface area contributed by atoms with Gasteiger partial charge in [-0.3, -0.25) is 0 Å². The van der Waals surface area contributed by atoms with Gasteiger partial charge in [-0.25, -0.2) is 9.59 Å². The van der Waals surface area contributed by atoms with Gasteiger partial charge in [-0.05, 0) is 33.1 Å². The first-order valence-electron chi connectivity index (χ1n) is 6.40. The van der Waals surface area contributed by atoms with Crippen molar-refractivity contribution in [1.29, 1.82) is 0 Å². The third-order valence-electron chi connectivity index (χ3n) is 3.21. The van der Waals surface area contributed by atoms with Gasteiger partial charge in [0, 0.05) is 25.7 Å². The Kier molecular flexibility index (Phi) is 5.40. The second-order valence-corrected chi connectivity index (χ2v) is 4.84. The summed E-state index contributed by atoms with van der Waals surface area (Å²) in [6.07, 6.45) is 1.76. The molecule has 1 aliphatic rings. The first-order valence-corrected chi connectivity index (χ1v) is 6.40. The molecule has 1 rings (SSSR count). The molecule has 1 saturated heterocycles. The van der Waals surface area contributed by atoms with E-state index in [4.69, 9.17) is 10.2 Å². The summed E-state index contributed by atoms with van der Waals surface area (Å²) in [4.78, 5) is 26.4. The van der Waals surface area contributed by atoms with Gasteiger partial charge in [0.05, 0.1) is 0 Å². The summed E-state index contributed by atoms with van der Waals surface area (Å²) < 4.78 is 0. The monoisotopic (exact) mass is 258 g/mol. The van der Waals surface area contributed by atoms with Crippen molar-refractivity contribution >= 4 is 12.0 Å². The van der Waals surface area contributed by atoms with Gasteiger partial charge in [-0.1, -0.05) is 0 Å². The molecule has 0 radical (unpaired) electrons. The lowest BCUT2D eigenvalue weighted by molar-refractivity contribution is -0.141. The molecule has 1 fully saturated rings. The number of carbonyl (C=O) groups is 2. The van der Waals surface area contributed by atoms with Gasteiger partial charge in [0.15, 0.2) is 0 Å². The van der Waals surface area contributed by atoms with Gasteiger partial charge >= 0.3 is 12.0 Å². The fourth-order valence-corrected chi connectivity index (χ4v) is 2.23.